The maximum absolute atomic E-state index is 12.8. The fraction of sp³-hybridized carbons (Fsp3) is 0.227. The molecule has 3 N–H and O–H groups in total. The molecule has 1 fully saturated rings. The van der Waals surface area contributed by atoms with E-state index >= 15 is 0 Å². The molecule has 0 spiro atoms. The number of fused-ring (bicyclic) bond motifs is 1. The summed E-state index contributed by atoms with van der Waals surface area (Å²) in [5.41, 5.74) is 3.75. The Morgan fingerprint density at radius 2 is 1.94 bits per heavy atom. The molecule has 1 saturated heterocycles. The summed E-state index contributed by atoms with van der Waals surface area (Å²) >= 11 is 1.62. The van der Waals surface area contributed by atoms with Gasteiger partial charge in [-0.2, -0.15) is 5.10 Å². The van der Waals surface area contributed by atoms with Gasteiger partial charge < -0.3 is 15.4 Å². The van der Waals surface area contributed by atoms with Gasteiger partial charge in [0, 0.05) is 36.9 Å². The molecular formula is C22H22N6O2S. The quantitative estimate of drug-likeness (QED) is 0.427. The molecule has 0 aliphatic carbocycles. The van der Waals surface area contributed by atoms with Gasteiger partial charge in [0.2, 0.25) is 0 Å². The van der Waals surface area contributed by atoms with Crippen LogP contribution in [0.5, 0.6) is 0 Å². The summed E-state index contributed by atoms with van der Waals surface area (Å²) in [7, 11) is 0. The Kier molecular flexibility index (Phi) is 5.61. The van der Waals surface area contributed by atoms with E-state index in [1.165, 1.54) is 5.56 Å². The average Bonchev–Trinajstić information content (AvgIpc) is 3.46. The number of ether oxygens (including phenoxy) is 1. The van der Waals surface area contributed by atoms with Crippen molar-refractivity contribution in [1.82, 2.24) is 20.1 Å². The van der Waals surface area contributed by atoms with Crippen molar-refractivity contribution >= 4 is 44.4 Å². The Morgan fingerprint density at radius 3 is 2.77 bits per heavy atom. The third kappa shape index (κ3) is 4.43. The molecule has 1 amide bonds. The first-order chi connectivity index (χ1) is 15.3. The lowest BCUT2D eigenvalue weighted by Gasteiger charge is -2.26. The van der Waals surface area contributed by atoms with Gasteiger partial charge in [-0.3, -0.25) is 19.8 Å². The largest absolute Gasteiger partial charge is 0.379 e. The molecule has 8 nitrogen and oxygen atoms in total. The number of thiophene rings is 1. The summed E-state index contributed by atoms with van der Waals surface area (Å²) in [6.07, 6.45) is 5.18. The van der Waals surface area contributed by atoms with Crippen LogP contribution in [0.1, 0.15) is 16.1 Å². The Balaban J connectivity index is 1.26. The highest BCUT2D eigenvalue weighted by molar-refractivity contribution is 7.17. The SMILES string of the molecule is O=C(Nc1ccc(CN2CCOCC2)cc1)c1[nH]ncc1Nc1cncc2ccsc12. The number of carbonyl (C=O) groups is 1. The highest BCUT2D eigenvalue weighted by Crippen LogP contribution is 2.30. The van der Waals surface area contributed by atoms with Gasteiger partial charge in [-0.05, 0) is 29.1 Å². The smallest absolute Gasteiger partial charge is 0.275 e. The standard InChI is InChI=1S/C22H22N6O2S/c29-22(25-17-3-1-15(2-4-17)14-28-6-8-30-9-7-28)20-18(13-24-27-20)26-19-12-23-11-16-5-10-31-21(16)19/h1-5,10-13,26H,6-9,14H2,(H,24,27)(H,25,29). The van der Waals surface area contributed by atoms with Crippen LogP contribution in [0.15, 0.2) is 54.3 Å². The molecule has 158 valence electrons. The number of nitrogens with one attached hydrogen (secondary N) is 3. The number of nitrogens with zero attached hydrogens (tertiary/aromatic N) is 3. The molecule has 0 atom stereocenters. The summed E-state index contributed by atoms with van der Waals surface area (Å²) in [6.45, 7) is 4.34. The van der Waals surface area contributed by atoms with Crippen molar-refractivity contribution in [3.05, 3.63) is 65.6 Å². The molecule has 5 rings (SSSR count). The highest BCUT2D eigenvalue weighted by Gasteiger charge is 2.16. The van der Waals surface area contributed by atoms with Gasteiger partial charge in [0.05, 0.1) is 41.7 Å². The molecule has 3 aromatic heterocycles. The Labute approximate surface area is 183 Å². The number of rotatable bonds is 6. The van der Waals surface area contributed by atoms with Crippen LogP contribution in [0.4, 0.5) is 17.1 Å². The minimum atomic E-state index is -0.257. The van der Waals surface area contributed by atoms with E-state index in [0.717, 1.165) is 54.3 Å². The van der Waals surface area contributed by atoms with Gasteiger partial charge in [0.25, 0.3) is 5.91 Å². The van der Waals surface area contributed by atoms with Gasteiger partial charge in [0.1, 0.15) is 5.69 Å². The van der Waals surface area contributed by atoms with Crippen molar-refractivity contribution in [1.29, 1.82) is 0 Å². The normalized spacial score (nSPS) is 14.6. The van der Waals surface area contributed by atoms with E-state index in [9.17, 15) is 4.79 Å². The van der Waals surface area contributed by atoms with Gasteiger partial charge in [0.15, 0.2) is 0 Å². The first kappa shape index (κ1) is 19.7. The predicted molar refractivity (Wildman–Crippen MR) is 122 cm³/mol. The number of H-pyrrole nitrogens is 1. The Morgan fingerprint density at radius 1 is 1.10 bits per heavy atom. The van der Waals surface area contributed by atoms with E-state index in [1.54, 1.807) is 23.7 Å². The topological polar surface area (TPSA) is 95.2 Å². The molecule has 4 aromatic rings. The van der Waals surface area contributed by atoms with Gasteiger partial charge >= 0.3 is 0 Å². The maximum Gasteiger partial charge on any atom is 0.275 e. The molecule has 0 bridgehead atoms. The van der Waals surface area contributed by atoms with Crippen LogP contribution in [-0.2, 0) is 11.3 Å². The monoisotopic (exact) mass is 434 g/mol. The molecule has 0 radical (unpaired) electrons. The van der Waals surface area contributed by atoms with Crippen LogP contribution >= 0.6 is 11.3 Å². The van der Waals surface area contributed by atoms with Crippen LogP contribution in [0.3, 0.4) is 0 Å². The number of morpholine rings is 1. The number of amides is 1. The number of hydrogen-bond acceptors (Lipinski definition) is 7. The van der Waals surface area contributed by atoms with E-state index in [4.69, 9.17) is 4.74 Å². The highest BCUT2D eigenvalue weighted by atomic mass is 32.1. The van der Waals surface area contributed by atoms with Crippen LogP contribution in [0, 0.1) is 0 Å². The van der Waals surface area contributed by atoms with Crippen molar-refractivity contribution in [2.24, 2.45) is 0 Å². The van der Waals surface area contributed by atoms with Crippen molar-refractivity contribution in [2.45, 2.75) is 6.54 Å². The zero-order valence-electron chi connectivity index (χ0n) is 16.8. The Bertz CT molecular complexity index is 1180. The third-order valence-corrected chi connectivity index (χ3v) is 6.18. The van der Waals surface area contributed by atoms with E-state index in [-0.39, 0.29) is 5.91 Å². The third-order valence-electron chi connectivity index (χ3n) is 5.21. The molecule has 0 unspecified atom stereocenters. The second-order valence-electron chi connectivity index (χ2n) is 7.35. The van der Waals surface area contributed by atoms with Crippen LogP contribution in [-0.4, -0.2) is 52.3 Å². The lowest BCUT2D eigenvalue weighted by Crippen LogP contribution is -2.35. The van der Waals surface area contributed by atoms with E-state index < -0.39 is 0 Å². The first-order valence-corrected chi connectivity index (χ1v) is 11.0. The van der Waals surface area contributed by atoms with E-state index in [2.05, 4.69) is 30.7 Å². The minimum absolute atomic E-state index is 0.257. The van der Waals surface area contributed by atoms with Crippen molar-refractivity contribution in [2.75, 3.05) is 36.9 Å². The fourth-order valence-corrected chi connectivity index (χ4v) is 4.42. The van der Waals surface area contributed by atoms with E-state index in [1.807, 2.05) is 41.9 Å². The lowest BCUT2D eigenvalue weighted by atomic mass is 10.2. The predicted octanol–water partition coefficient (Wildman–Crippen LogP) is 3.85. The first-order valence-electron chi connectivity index (χ1n) is 10.1. The molecule has 1 aliphatic rings. The zero-order valence-corrected chi connectivity index (χ0v) is 17.6. The lowest BCUT2D eigenvalue weighted by molar-refractivity contribution is 0.0342. The number of hydrogen-bond donors (Lipinski definition) is 3. The summed E-state index contributed by atoms with van der Waals surface area (Å²) in [6, 6.07) is 9.95. The average molecular weight is 435 g/mol. The number of pyridine rings is 1. The van der Waals surface area contributed by atoms with Crippen LogP contribution in [0.2, 0.25) is 0 Å². The van der Waals surface area contributed by atoms with Gasteiger partial charge in [-0.25, -0.2) is 0 Å². The summed E-state index contributed by atoms with van der Waals surface area (Å²) < 4.78 is 6.48. The maximum atomic E-state index is 12.8. The van der Waals surface area contributed by atoms with Gasteiger partial charge in [-0.1, -0.05) is 12.1 Å². The molecule has 31 heavy (non-hydrogen) atoms. The molecular weight excluding hydrogens is 412 g/mol. The summed E-state index contributed by atoms with van der Waals surface area (Å²) in [5.74, 6) is -0.257. The minimum Gasteiger partial charge on any atom is -0.379 e. The number of aromatic amines is 1. The summed E-state index contributed by atoms with van der Waals surface area (Å²) in [4.78, 5) is 19.5. The Hall–Kier alpha value is -3.27. The van der Waals surface area contributed by atoms with Crippen LogP contribution in [0.25, 0.3) is 10.1 Å². The second-order valence-corrected chi connectivity index (χ2v) is 8.27. The van der Waals surface area contributed by atoms with Crippen LogP contribution < -0.4 is 10.6 Å². The fourth-order valence-electron chi connectivity index (χ4n) is 3.58. The molecule has 4 heterocycles. The van der Waals surface area contributed by atoms with Crippen molar-refractivity contribution < 1.29 is 9.53 Å². The number of aromatic nitrogens is 3. The zero-order chi connectivity index (χ0) is 21.0. The molecule has 1 aromatic carbocycles. The second kappa shape index (κ2) is 8.84. The summed E-state index contributed by atoms with van der Waals surface area (Å²) in [5, 5.41) is 16.1. The molecule has 9 heteroatoms. The van der Waals surface area contributed by atoms with Gasteiger partial charge in [-0.15, -0.1) is 11.3 Å². The van der Waals surface area contributed by atoms with E-state index in [0.29, 0.717) is 11.4 Å². The van der Waals surface area contributed by atoms with Crippen molar-refractivity contribution in [3.8, 4) is 0 Å². The number of benzene rings is 1. The molecule has 1 aliphatic heterocycles. The number of anilines is 3. The number of carbonyl (C=O) groups excluding carboxylic acids is 1. The van der Waals surface area contributed by atoms with Crippen molar-refractivity contribution in [3.63, 3.8) is 0 Å². The molecule has 0 saturated carbocycles.